The molecule has 0 aliphatic heterocycles. The van der Waals surface area contributed by atoms with Gasteiger partial charge in [0.25, 0.3) is 0 Å². The Balaban J connectivity index is 0.00000625. The average molecular weight is 478 g/mol. The van der Waals surface area contributed by atoms with Crippen molar-refractivity contribution in [2.45, 2.75) is 26.8 Å². The predicted molar refractivity (Wildman–Crippen MR) is 115 cm³/mol. The van der Waals surface area contributed by atoms with E-state index in [0.29, 0.717) is 19.1 Å². The molecule has 26 heavy (non-hydrogen) atoms. The second-order valence-electron chi connectivity index (χ2n) is 5.30. The van der Waals surface area contributed by atoms with Gasteiger partial charge in [0.1, 0.15) is 12.3 Å². The lowest BCUT2D eigenvalue weighted by Gasteiger charge is -2.11. The number of nitrogens with one attached hydrogen (secondary N) is 3. The summed E-state index contributed by atoms with van der Waals surface area (Å²) < 4.78 is 10.4. The summed E-state index contributed by atoms with van der Waals surface area (Å²) in [6.07, 6.45) is 0.891. The van der Waals surface area contributed by atoms with Crippen molar-refractivity contribution in [3.8, 4) is 5.75 Å². The summed E-state index contributed by atoms with van der Waals surface area (Å²) in [5.74, 6) is 1.31. The van der Waals surface area contributed by atoms with Crippen LogP contribution in [0.15, 0.2) is 29.3 Å². The number of methoxy groups -OCH3 is 1. The molecular formula is C18H31IN4O3. The van der Waals surface area contributed by atoms with Crippen LogP contribution >= 0.6 is 24.0 Å². The Morgan fingerprint density at radius 1 is 1.12 bits per heavy atom. The van der Waals surface area contributed by atoms with Gasteiger partial charge in [-0.2, -0.15) is 0 Å². The van der Waals surface area contributed by atoms with E-state index in [-0.39, 0.29) is 36.4 Å². The number of amides is 1. The maximum atomic E-state index is 11.9. The number of halogens is 1. The Morgan fingerprint density at radius 3 is 2.46 bits per heavy atom. The van der Waals surface area contributed by atoms with Crippen LogP contribution in [0.3, 0.4) is 0 Å². The fourth-order valence-corrected chi connectivity index (χ4v) is 2.02. The van der Waals surface area contributed by atoms with Gasteiger partial charge in [-0.3, -0.25) is 4.79 Å². The molecule has 7 nitrogen and oxygen atoms in total. The second-order valence-corrected chi connectivity index (χ2v) is 5.30. The zero-order valence-corrected chi connectivity index (χ0v) is 18.2. The molecule has 0 aliphatic rings. The predicted octanol–water partition coefficient (Wildman–Crippen LogP) is 1.91. The summed E-state index contributed by atoms with van der Waals surface area (Å²) >= 11 is 0. The third kappa shape index (κ3) is 11.1. The number of carbonyl (C=O) groups is 1. The molecule has 0 saturated carbocycles. The summed E-state index contributed by atoms with van der Waals surface area (Å²) in [4.78, 5) is 16.2. The van der Waals surface area contributed by atoms with Crippen LogP contribution in [-0.4, -0.2) is 51.8 Å². The Morgan fingerprint density at radius 2 is 1.85 bits per heavy atom. The molecule has 1 aromatic rings. The molecule has 0 aliphatic carbocycles. The van der Waals surface area contributed by atoms with Gasteiger partial charge in [0, 0.05) is 32.8 Å². The van der Waals surface area contributed by atoms with Crippen molar-refractivity contribution in [3.63, 3.8) is 0 Å². The molecule has 0 atom stereocenters. The average Bonchev–Trinajstić information content (AvgIpc) is 2.64. The largest absolute Gasteiger partial charge is 0.497 e. The number of benzene rings is 1. The first-order valence-corrected chi connectivity index (χ1v) is 8.69. The highest BCUT2D eigenvalue weighted by molar-refractivity contribution is 14.0. The van der Waals surface area contributed by atoms with Crippen LogP contribution in [0.2, 0.25) is 0 Å². The minimum absolute atomic E-state index is 0. The molecule has 0 saturated heterocycles. The molecule has 0 unspecified atom stereocenters. The van der Waals surface area contributed by atoms with E-state index in [1.54, 1.807) is 7.11 Å². The third-order valence-electron chi connectivity index (χ3n) is 3.34. The Kier molecular flexibility index (Phi) is 14.8. The summed E-state index contributed by atoms with van der Waals surface area (Å²) in [5.41, 5.74) is 1.01. The van der Waals surface area contributed by atoms with Crippen molar-refractivity contribution in [1.82, 2.24) is 16.0 Å². The standard InChI is InChI=1S/C18H30N4O3.HI/c1-4-19-18(20-11-6-12-25-5-2)22-14-17(23)21-13-15-7-9-16(24-3)10-8-15;/h7-10H,4-6,11-14H2,1-3H3,(H,21,23)(H2,19,20,22);1H. The van der Waals surface area contributed by atoms with Crippen LogP contribution in [-0.2, 0) is 16.1 Å². The molecule has 8 heteroatoms. The van der Waals surface area contributed by atoms with E-state index in [9.17, 15) is 4.79 Å². The number of guanidine groups is 1. The molecule has 1 amide bonds. The number of rotatable bonds is 11. The van der Waals surface area contributed by atoms with E-state index in [4.69, 9.17) is 9.47 Å². The highest BCUT2D eigenvalue weighted by Crippen LogP contribution is 2.10. The van der Waals surface area contributed by atoms with Gasteiger partial charge in [0.05, 0.1) is 7.11 Å². The number of ether oxygens (including phenoxy) is 2. The summed E-state index contributed by atoms with van der Waals surface area (Å²) in [7, 11) is 1.63. The molecule has 1 aromatic carbocycles. The van der Waals surface area contributed by atoms with E-state index in [1.807, 2.05) is 38.1 Å². The van der Waals surface area contributed by atoms with Crippen molar-refractivity contribution >= 4 is 35.8 Å². The van der Waals surface area contributed by atoms with Crippen molar-refractivity contribution in [2.24, 2.45) is 4.99 Å². The molecule has 0 fully saturated rings. The first kappa shape index (κ1) is 24.5. The van der Waals surface area contributed by atoms with Crippen molar-refractivity contribution in [3.05, 3.63) is 29.8 Å². The van der Waals surface area contributed by atoms with Gasteiger partial charge in [-0.25, -0.2) is 4.99 Å². The highest BCUT2D eigenvalue weighted by Gasteiger charge is 2.03. The van der Waals surface area contributed by atoms with E-state index in [1.165, 1.54) is 0 Å². The molecule has 0 heterocycles. The fraction of sp³-hybridized carbons (Fsp3) is 0.556. The minimum atomic E-state index is -0.123. The smallest absolute Gasteiger partial charge is 0.242 e. The zero-order chi connectivity index (χ0) is 18.3. The van der Waals surface area contributed by atoms with Gasteiger partial charge in [-0.15, -0.1) is 24.0 Å². The van der Waals surface area contributed by atoms with Gasteiger partial charge < -0.3 is 25.4 Å². The minimum Gasteiger partial charge on any atom is -0.497 e. The number of hydrogen-bond donors (Lipinski definition) is 3. The maximum Gasteiger partial charge on any atom is 0.242 e. The first-order valence-electron chi connectivity index (χ1n) is 8.69. The molecule has 0 aromatic heterocycles. The van der Waals surface area contributed by atoms with E-state index in [0.717, 1.165) is 37.4 Å². The number of hydrogen-bond acceptors (Lipinski definition) is 4. The van der Waals surface area contributed by atoms with Gasteiger partial charge >= 0.3 is 0 Å². The maximum absolute atomic E-state index is 11.9. The van der Waals surface area contributed by atoms with Crippen LogP contribution in [0, 0.1) is 0 Å². The van der Waals surface area contributed by atoms with Crippen LogP contribution in [0.5, 0.6) is 5.75 Å². The number of nitrogens with zero attached hydrogens (tertiary/aromatic N) is 1. The number of carbonyl (C=O) groups excluding carboxylic acids is 1. The molecule has 1 rings (SSSR count). The van der Waals surface area contributed by atoms with E-state index < -0.39 is 0 Å². The van der Waals surface area contributed by atoms with Crippen LogP contribution in [0.4, 0.5) is 0 Å². The monoisotopic (exact) mass is 478 g/mol. The summed E-state index contributed by atoms with van der Waals surface area (Å²) in [6, 6.07) is 7.59. The molecule has 0 radical (unpaired) electrons. The van der Waals surface area contributed by atoms with Gasteiger partial charge in [0.15, 0.2) is 5.96 Å². The lowest BCUT2D eigenvalue weighted by atomic mass is 10.2. The highest BCUT2D eigenvalue weighted by atomic mass is 127. The van der Waals surface area contributed by atoms with Crippen LogP contribution in [0.25, 0.3) is 0 Å². The SMILES string of the molecule is CCNC(=NCC(=O)NCc1ccc(OC)cc1)NCCCOCC.I. The molecule has 0 spiro atoms. The Labute approximate surface area is 173 Å². The normalized spacial score (nSPS) is 10.7. The Bertz CT molecular complexity index is 524. The molecular weight excluding hydrogens is 447 g/mol. The lowest BCUT2D eigenvalue weighted by molar-refractivity contribution is -0.119. The number of aliphatic imine (C=N–C) groups is 1. The molecule has 3 N–H and O–H groups in total. The molecule has 148 valence electrons. The van der Waals surface area contributed by atoms with E-state index in [2.05, 4.69) is 20.9 Å². The second kappa shape index (κ2) is 15.7. The molecule has 0 bridgehead atoms. The zero-order valence-electron chi connectivity index (χ0n) is 15.8. The van der Waals surface area contributed by atoms with Crippen molar-refractivity contribution in [1.29, 1.82) is 0 Å². The fourth-order valence-electron chi connectivity index (χ4n) is 2.02. The topological polar surface area (TPSA) is 84.0 Å². The first-order chi connectivity index (χ1) is 12.2. The van der Waals surface area contributed by atoms with Gasteiger partial charge in [-0.1, -0.05) is 12.1 Å². The van der Waals surface area contributed by atoms with E-state index >= 15 is 0 Å². The van der Waals surface area contributed by atoms with Crippen molar-refractivity contribution in [2.75, 3.05) is 40.0 Å². The quantitative estimate of drug-likeness (QED) is 0.196. The summed E-state index contributed by atoms with van der Waals surface area (Å²) in [5, 5.41) is 9.16. The van der Waals surface area contributed by atoms with Crippen LogP contribution in [0.1, 0.15) is 25.8 Å². The van der Waals surface area contributed by atoms with Gasteiger partial charge in [-0.05, 0) is 38.0 Å². The van der Waals surface area contributed by atoms with Crippen LogP contribution < -0.4 is 20.7 Å². The lowest BCUT2D eigenvalue weighted by Crippen LogP contribution is -2.39. The summed E-state index contributed by atoms with van der Waals surface area (Å²) in [6.45, 7) is 7.44. The van der Waals surface area contributed by atoms with Gasteiger partial charge in [0.2, 0.25) is 5.91 Å². The Hall–Kier alpha value is -1.55. The third-order valence-corrected chi connectivity index (χ3v) is 3.34. The van der Waals surface area contributed by atoms with Crippen molar-refractivity contribution < 1.29 is 14.3 Å².